The summed E-state index contributed by atoms with van der Waals surface area (Å²) in [6.45, 7) is 0. The molecule has 1 aliphatic rings. The molecule has 136 valence electrons. The maximum Gasteiger partial charge on any atom is 0.303 e. The van der Waals surface area contributed by atoms with Crippen molar-refractivity contribution in [3.63, 3.8) is 0 Å². The Morgan fingerprint density at radius 1 is 0.960 bits per heavy atom. The molecule has 2 amide bonds. The van der Waals surface area contributed by atoms with E-state index in [0.717, 1.165) is 25.7 Å². The zero-order chi connectivity index (χ0) is 18.1. The average molecular weight is 346 g/mol. The number of rotatable bonds is 8. The Bertz CT molecular complexity index is 609. The van der Waals surface area contributed by atoms with Crippen molar-refractivity contribution < 1.29 is 19.5 Å². The van der Waals surface area contributed by atoms with Crippen molar-refractivity contribution in [1.82, 2.24) is 0 Å². The summed E-state index contributed by atoms with van der Waals surface area (Å²) >= 11 is 0. The van der Waals surface area contributed by atoms with Crippen molar-refractivity contribution in [3.8, 4) is 0 Å². The third-order valence-corrected chi connectivity index (χ3v) is 4.43. The first-order valence-electron chi connectivity index (χ1n) is 8.97. The first-order valence-corrected chi connectivity index (χ1v) is 8.97. The number of hydrogen-bond acceptors (Lipinski definition) is 3. The van der Waals surface area contributed by atoms with E-state index in [2.05, 4.69) is 10.6 Å². The van der Waals surface area contributed by atoms with Gasteiger partial charge < -0.3 is 15.7 Å². The molecule has 1 aromatic rings. The number of benzene rings is 1. The maximum atomic E-state index is 12.3. The second-order valence-corrected chi connectivity index (χ2v) is 6.55. The Morgan fingerprint density at radius 2 is 1.60 bits per heavy atom. The molecule has 1 fully saturated rings. The fraction of sp³-hybridized carbons (Fsp3) is 0.526. The van der Waals surface area contributed by atoms with Crippen LogP contribution in [0.15, 0.2) is 24.3 Å². The van der Waals surface area contributed by atoms with E-state index in [1.165, 1.54) is 6.42 Å². The molecule has 0 bridgehead atoms. The zero-order valence-corrected chi connectivity index (χ0v) is 14.4. The number of hydrogen-bond donors (Lipinski definition) is 3. The Morgan fingerprint density at radius 3 is 2.28 bits per heavy atom. The lowest BCUT2D eigenvalue weighted by Gasteiger charge is -2.20. The molecule has 0 radical (unpaired) electrons. The van der Waals surface area contributed by atoms with Crippen molar-refractivity contribution in [2.45, 2.75) is 57.8 Å². The van der Waals surface area contributed by atoms with Crippen LogP contribution < -0.4 is 10.6 Å². The fourth-order valence-electron chi connectivity index (χ4n) is 3.07. The van der Waals surface area contributed by atoms with E-state index in [1.807, 2.05) is 6.07 Å². The summed E-state index contributed by atoms with van der Waals surface area (Å²) < 4.78 is 0. The third kappa shape index (κ3) is 6.95. The first-order chi connectivity index (χ1) is 12.0. The number of amides is 2. The minimum absolute atomic E-state index is 0.0526. The highest BCUT2D eigenvalue weighted by Crippen LogP contribution is 2.25. The molecule has 3 N–H and O–H groups in total. The van der Waals surface area contributed by atoms with Crippen LogP contribution in [0, 0.1) is 5.92 Å². The summed E-state index contributed by atoms with van der Waals surface area (Å²) in [6.07, 6.45) is 6.69. The molecule has 6 nitrogen and oxygen atoms in total. The molecule has 0 unspecified atom stereocenters. The van der Waals surface area contributed by atoms with Crippen molar-refractivity contribution >= 4 is 29.2 Å². The molecule has 0 atom stereocenters. The van der Waals surface area contributed by atoms with E-state index in [-0.39, 0.29) is 30.6 Å². The second kappa shape index (κ2) is 9.81. The van der Waals surface area contributed by atoms with Gasteiger partial charge in [0, 0.05) is 30.1 Å². The number of carboxylic acids is 1. The predicted molar refractivity (Wildman–Crippen MR) is 96.4 cm³/mol. The number of unbranched alkanes of at least 4 members (excludes halogenated alkanes) is 1. The van der Waals surface area contributed by atoms with Crippen LogP contribution in [-0.4, -0.2) is 22.9 Å². The highest BCUT2D eigenvalue weighted by molar-refractivity contribution is 5.95. The van der Waals surface area contributed by atoms with Crippen molar-refractivity contribution in [2.75, 3.05) is 10.6 Å². The number of anilines is 2. The molecule has 25 heavy (non-hydrogen) atoms. The lowest BCUT2D eigenvalue weighted by Crippen LogP contribution is -2.24. The van der Waals surface area contributed by atoms with Gasteiger partial charge in [0.25, 0.3) is 0 Å². The summed E-state index contributed by atoms with van der Waals surface area (Å²) in [5.41, 5.74) is 1.31. The Labute approximate surface area is 148 Å². The van der Waals surface area contributed by atoms with E-state index in [0.29, 0.717) is 24.2 Å². The Balaban J connectivity index is 1.80. The molecule has 2 rings (SSSR count). The molecule has 1 saturated carbocycles. The van der Waals surface area contributed by atoms with Gasteiger partial charge in [-0.2, -0.15) is 0 Å². The van der Waals surface area contributed by atoms with Crippen LogP contribution in [0.3, 0.4) is 0 Å². The van der Waals surface area contributed by atoms with E-state index in [9.17, 15) is 14.4 Å². The summed E-state index contributed by atoms with van der Waals surface area (Å²) in [5, 5.41) is 14.3. The maximum absolute atomic E-state index is 12.3. The average Bonchev–Trinajstić information content (AvgIpc) is 2.59. The van der Waals surface area contributed by atoms with Crippen molar-refractivity contribution in [3.05, 3.63) is 24.3 Å². The monoisotopic (exact) mass is 346 g/mol. The van der Waals surface area contributed by atoms with E-state index < -0.39 is 5.97 Å². The highest BCUT2D eigenvalue weighted by atomic mass is 16.4. The number of carbonyl (C=O) groups is 3. The van der Waals surface area contributed by atoms with Gasteiger partial charge in [-0.3, -0.25) is 14.4 Å². The summed E-state index contributed by atoms with van der Waals surface area (Å²) in [4.78, 5) is 34.6. The molecule has 0 saturated heterocycles. The molecule has 0 aromatic heterocycles. The number of carboxylic acid groups (broad SMARTS) is 1. The number of nitrogens with one attached hydrogen (secondary N) is 2. The molecule has 0 spiro atoms. The summed E-state index contributed by atoms with van der Waals surface area (Å²) in [6, 6.07) is 7.11. The Kier molecular flexibility index (Phi) is 7.44. The minimum atomic E-state index is -0.846. The predicted octanol–water partition coefficient (Wildman–Crippen LogP) is 3.79. The van der Waals surface area contributed by atoms with Crippen LogP contribution in [-0.2, 0) is 14.4 Å². The van der Waals surface area contributed by atoms with Crippen LogP contribution >= 0.6 is 0 Å². The van der Waals surface area contributed by atoms with E-state index in [1.54, 1.807) is 18.2 Å². The molecule has 0 heterocycles. The van der Waals surface area contributed by atoms with Crippen LogP contribution in [0.4, 0.5) is 11.4 Å². The first kappa shape index (κ1) is 19.0. The lowest BCUT2D eigenvalue weighted by molar-refractivity contribution is -0.137. The summed E-state index contributed by atoms with van der Waals surface area (Å²) in [5.74, 6) is -0.860. The van der Waals surface area contributed by atoms with Crippen molar-refractivity contribution in [2.24, 2.45) is 5.92 Å². The van der Waals surface area contributed by atoms with Crippen LogP contribution in [0.1, 0.15) is 57.8 Å². The highest BCUT2D eigenvalue weighted by Gasteiger charge is 2.21. The molecule has 1 aromatic carbocycles. The molecular formula is C19H26N2O4. The topological polar surface area (TPSA) is 95.5 Å². The van der Waals surface area contributed by atoms with E-state index >= 15 is 0 Å². The number of aliphatic carboxylic acids is 1. The standard InChI is InChI=1S/C19H26N2O4/c22-17(11-4-5-12-18(23)24)20-15-9-6-10-16(13-15)21-19(25)14-7-2-1-3-8-14/h6,9-10,13-14H,1-5,7-8,11-12H2,(H,20,22)(H,21,25)(H,23,24). The molecular weight excluding hydrogens is 320 g/mol. The van der Waals surface area contributed by atoms with Gasteiger partial charge in [-0.25, -0.2) is 0 Å². The Hall–Kier alpha value is -2.37. The van der Waals surface area contributed by atoms with Crippen LogP contribution in [0.2, 0.25) is 0 Å². The van der Waals surface area contributed by atoms with Gasteiger partial charge in [-0.15, -0.1) is 0 Å². The quantitative estimate of drug-likeness (QED) is 0.624. The zero-order valence-electron chi connectivity index (χ0n) is 14.4. The number of carbonyl (C=O) groups excluding carboxylic acids is 2. The van der Waals surface area contributed by atoms with E-state index in [4.69, 9.17) is 5.11 Å². The smallest absolute Gasteiger partial charge is 0.303 e. The van der Waals surface area contributed by atoms with Gasteiger partial charge in [-0.1, -0.05) is 25.3 Å². The van der Waals surface area contributed by atoms with Gasteiger partial charge in [0.05, 0.1) is 0 Å². The van der Waals surface area contributed by atoms with Crippen LogP contribution in [0.5, 0.6) is 0 Å². The fourth-order valence-corrected chi connectivity index (χ4v) is 3.07. The molecule has 6 heteroatoms. The second-order valence-electron chi connectivity index (χ2n) is 6.55. The molecule has 1 aliphatic carbocycles. The van der Waals surface area contributed by atoms with Gasteiger partial charge in [-0.05, 0) is 43.9 Å². The summed E-state index contributed by atoms with van der Waals surface area (Å²) in [7, 11) is 0. The van der Waals surface area contributed by atoms with Gasteiger partial charge in [0.1, 0.15) is 0 Å². The lowest BCUT2D eigenvalue weighted by atomic mass is 9.88. The normalized spacial score (nSPS) is 14.7. The van der Waals surface area contributed by atoms with Gasteiger partial charge >= 0.3 is 5.97 Å². The van der Waals surface area contributed by atoms with Crippen molar-refractivity contribution in [1.29, 1.82) is 0 Å². The minimum Gasteiger partial charge on any atom is -0.481 e. The third-order valence-electron chi connectivity index (χ3n) is 4.43. The largest absolute Gasteiger partial charge is 0.481 e. The van der Waals surface area contributed by atoms with Gasteiger partial charge in [0.15, 0.2) is 0 Å². The van der Waals surface area contributed by atoms with Gasteiger partial charge in [0.2, 0.25) is 11.8 Å². The molecule has 0 aliphatic heterocycles. The SMILES string of the molecule is O=C(O)CCCCC(=O)Nc1cccc(NC(=O)C2CCCCC2)c1. The van der Waals surface area contributed by atoms with Crippen LogP contribution in [0.25, 0.3) is 0 Å².